The normalized spacial score (nSPS) is 10.8. The van der Waals surface area contributed by atoms with Crippen molar-refractivity contribution in [1.82, 2.24) is 10.0 Å². The van der Waals surface area contributed by atoms with E-state index in [0.29, 0.717) is 11.4 Å². The molecule has 4 aromatic rings. The highest BCUT2D eigenvalue weighted by atomic mass is 16.7. The number of rotatable bonds is 9. The lowest BCUT2D eigenvalue weighted by atomic mass is 10.2. The maximum absolute atomic E-state index is 12.8. The molecule has 0 unspecified atom stereocenters. The van der Waals surface area contributed by atoms with Crippen molar-refractivity contribution in [3.63, 3.8) is 0 Å². The lowest BCUT2D eigenvalue weighted by molar-refractivity contribution is 0.0863. The molecule has 1 N–H and O–H groups in total. The molecular formula is C28H24N4O4. The average molecular weight is 481 g/mol. The lowest BCUT2D eigenvalue weighted by Crippen LogP contribution is -2.31. The molecule has 1 aromatic heterocycles. The Morgan fingerprint density at radius 3 is 2.14 bits per heavy atom. The van der Waals surface area contributed by atoms with Crippen LogP contribution in [0.4, 0.5) is 0 Å². The summed E-state index contributed by atoms with van der Waals surface area (Å²) in [5.41, 5.74) is 2.09. The molecule has 4 rings (SSSR count). The van der Waals surface area contributed by atoms with E-state index in [2.05, 4.69) is 10.3 Å². The van der Waals surface area contributed by atoms with Gasteiger partial charge in [-0.1, -0.05) is 78.9 Å². The third-order valence-corrected chi connectivity index (χ3v) is 5.04. The molecule has 0 aliphatic rings. The summed E-state index contributed by atoms with van der Waals surface area (Å²) in [6.45, 7) is 0.626. The number of aromatic nitrogens is 1. The van der Waals surface area contributed by atoms with E-state index in [-0.39, 0.29) is 37.0 Å². The van der Waals surface area contributed by atoms with E-state index in [0.717, 1.165) is 11.1 Å². The molecule has 8 nitrogen and oxygen atoms in total. The van der Waals surface area contributed by atoms with E-state index in [4.69, 9.17) is 19.6 Å². The molecular weight excluding hydrogens is 456 g/mol. The van der Waals surface area contributed by atoms with Crippen molar-refractivity contribution >= 4 is 6.02 Å². The second kappa shape index (κ2) is 12.4. The van der Waals surface area contributed by atoms with Crippen molar-refractivity contribution < 1.29 is 14.3 Å². The largest absolute Gasteiger partial charge is 0.483 e. The predicted octanol–water partition coefficient (Wildman–Crippen LogP) is 4.06. The zero-order chi connectivity index (χ0) is 25.0. The van der Waals surface area contributed by atoms with E-state index < -0.39 is 0 Å². The van der Waals surface area contributed by atoms with Gasteiger partial charge < -0.3 is 19.6 Å². The Bertz CT molecular complexity index is 1380. The van der Waals surface area contributed by atoms with Crippen LogP contribution in [-0.4, -0.2) is 10.8 Å². The molecule has 0 saturated heterocycles. The van der Waals surface area contributed by atoms with E-state index >= 15 is 0 Å². The smallest absolute Gasteiger partial charge is 0.306 e. The monoisotopic (exact) mass is 480 g/mol. The summed E-state index contributed by atoms with van der Waals surface area (Å²) in [5.74, 6) is 0.670. The fourth-order valence-corrected chi connectivity index (χ4v) is 3.26. The van der Waals surface area contributed by atoms with Crippen LogP contribution in [0, 0.1) is 11.5 Å². The summed E-state index contributed by atoms with van der Waals surface area (Å²) in [7, 11) is 0. The molecule has 8 heteroatoms. The zero-order valence-electron chi connectivity index (χ0n) is 19.4. The van der Waals surface area contributed by atoms with E-state index in [1.54, 1.807) is 18.3 Å². The van der Waals surface area contributed by atoms with Crippen LogP contribution < -0.4 is 25.1 Å². The van der Waals surface area contributed by atoms with Crippen molar-refractivity contribution in [2.75, 3.05) is 0 Å². The van der Waals surface area contributed by atoms with Crippen molar-refractivity contribution in [3.05, 3.63) is 130 Å². The minimum absolute atomic E-state index is 0.00448. The number of hydrogen-bond donors (Lipinski definition) is 1. The van der Waals surface area contributed by atoms with Gasteiger partial charge in [-0.05, 0) is 23.3 Å². The van der Waals surface area contributed by atoms with Gasteiger partial charge in [0.05, 0.1) is 18.4 Å². The first kappa shape index (κ1) is 24.1. The van der Waals surface area contributed by atoms with Gasteiger partial charge in [0.15, 0.2) is 5.75 Å². The second-order valence-corrected chi connectivity index (χ2v) is 7.64. The topological polar surface area (TPSA) is 97.9 Å². The number of para-hydroxylation sites is 1. The maximum atomic E-state index is 12.8. The molecule has 0 atom stereocenters. The van der Waals surface area contributed by atoms with E-state index in [1.807, 2.05) is 78.9 Å². The van der Waals surface area contributed by atoms with Gasteiger partial charge in [0, 0.05) is 6.07 Å². The molecule has 0 aliphatic carbocycles. The summed E-state index contributed by atoms with van der Waals surface area (Å²) in [4.78, 5) is 22.5. The standard InChI is InChI=1S/C28H24N4O4/c29-21-31-28(36-25-14-8-3-9-15-25)30-17-24-16-26(33)27(34-19-22-10-4-1-5-11-22)18-32(24)35-20-23-12-6-2-7-13-23/h1-16,18H,17,19-20H2,(H,30,31). The number of aliphatic imine (C=N–C) groups is 1. The zero-order valence-corrected chi connectivity index (χ0v) is 19.4. The molecule has 0 amide bonds. The average Bonchev–Trinajstić information content (AvgIpc) is 2.92. The SMILES string of the molecule is N#CN=C(NCc1cc(=O)c(OCc2ccccc2)cn1OCc1ccccc1)Oc1ccccc1. The van der Waals surface area contributed by atoms with Crippen LogP contribution in [0.3, 0.4) is 0 Å². The van der Waals surface area contributed by atoms with Crippen molar-refractivity contribution in [2.45, 2.75) is 19.8 Å². The van der Waals surface area contributed by atoms with Gasteiger partial charge in [-0.2, -0.15) is 9.99 Å². The Labute approximate surface area is 208 Å². The third kappa shape index (κ3) is 6.98. The second-order valence-electron chi connectivity index (χ2n) is 7.64. The molecule has 180 valence electrons. The van der Waals surface area contributed by atoms with Crippen LogP contribution in [0.25, 0.3) is 0 Å². The minimum atomic E-state index is -0.301. The van der Waals surface area contributed by atoms with Crippen molar-refractivity contribution in [1.29, 1.82) is 5.26 Å². The quantitative estimate of drug-likeness (QED) is 0.220. The Morgan fingerprint density at radius 1 is 0.889 bits per heavy atom. The first-order valence-corrected chi connectivity index (χ1v) is 11.2. The van der Waals surface area contributed by atoms with Gasteiger partial charge in [0.1, 0.15) is 19.0 Å². The molecule has 1 heterocycles. The lowest BCUT2D eigenvalue weighted by Gasteiger charge is -2.17. The van der Waals surface area contributed by atoms with Crippen LogP contribution in [0.15, 0.2) is 113 Å². The summed E-state index contributed by atoms with van der Waals surface area (Å²) in [5, 5.41) is 12.0. The number of pyridine rings is 1. The van der Waals surface area contributed by atoms with Crippen molar-refractivity contribution in [3.8, 4) is 17.7 Å². The summed E-state index contributed by atoms with van der Waals surface area (Å²) >= 11 is 0. The van der Waals surface area contributed by atoms with Crippen molar-refractivity contribution in [2.24, 2.45) is 4.99 Å². The van der Waals surface area contributed by atoms with Gasteiger partial charge in [-0.3, -0.25) is 4.79 Å². The van der Waals surface area contributed by atoms with Gasteiger partial charge in [-0.15, -0.1) is 4.99 Å². The molecule has 0 radical (unpaired) electrons. The van der Waals surface area contributed by atoms with Crippen LogP contribution in [0.5, 0.6) is 11.5 Å². The van der Waals surface area contributed by atoms with Gasteiger partial charge in [0.25, 0.3) is 0 Å². The molecule has 0 saturated carbocycles. The molecule has 3 aromatic carbocycles. The summed E-state index contributed by atoms with van der Waals surface area (Å²) < 4.78 is 12.9. The summed E-state index contributed by atoms with van der Waals surface area (Å²) in [6.07, 6.45) is 3.24. The number of nitrogens with one attached hydrogen (secondary N) is 1. The molecule has 36 heavy (non-hydrogen) atoms. The van der Waals surface area contributed by atoms with Gasteiger partial charge in [0.2, 0.25) is 11.6 Å². The number of hydrogen-bond acceptors (Lipinski definition) is 6. The van der Waals surface area contributed by atoms with E-state index in [1.165, 1.54) is 17.0 Å². The van der Waals surface area contributed by atoms with Crippen LogP contribution in [0.2, 0.25) is 0 Å². The Kier molecular flexibility index (Phi) is 8.33. The molecule has 0 bridgehead atoms. The van der Waals surface area contributed by atoms with Crippen LogP contribution >= 0.6 is 0 Å². The number of ether oxygens (including phenoxy) is 2. The molecule has 0 fully saturated rings. The third-order valence-electron chi connectivity index (χ3n) is 5.04. The number of nitriles is 1. The first-order chi connectivity index (χ1) is 17.7. The number of nitrogens with zero attached hydrogens (tertiary/aromatic N) is 3. The number of benzene rings is 3. The first-order valence-electron chi connectivity index (χ1n) is 11.2. The number of amidine groups is 1. The van der Waals surface area contributed by atoms with E-state index in [9.17, 15) is 4.79 Å². The Morgan fingerprint density at radius 2 is 1.50 bits per heavy atom. The van der Waals surface area contributed by atoms with Gasteiger partial charge >= 0.3 is 6.02 Å². The Balaban J connectivity index is 1.53. The van der Waals surface area contributed by atoms with Crippen LogP contribution in [-0.2, 0) is 19.8 Å². The van der Waals surface area contributed by atoms with Crippen LogP contribution in [0.1, 0.15) is 16.8 Å². The Hall–Kier alpha value is -5.03. The highest BCUT2D eigenvalue weighted by Gasteiger charge is 2.12. The van der Waals surface area contributed by atoms with Gasteiger partial charge in [-0.25, -0.2) is 0 Å². The maximum Gasteiger partial charge on any atom is 0.306 e. The molecule has 0 spiro atoms. The minimum Gasteiger partial charge on any atom is -0.483 e. The predicted molar refractivity (Wildman–Crippen MR) is 135 cm³/mol. The fourth-order valence-electron chi connectivity index (χ4n) is 3.26. The highest BCUT2D eigenvalue weighted by molar-refractivity contribution is 5.77. The highest BCUT2D eigenvalue weighted by Crippen LogP contribution is 2.12. The fraction of sp³-hybridized carbons (Fsp3) is 0.107. The summed E-state index contributed by atoms with van der Waals surface area (Å²) in [6, 6.07) is 29.6. The molecule has 0 aliphatic heterocycles.